The molecule has 0 aliphatic carbocycles. The molecule has 8 nitrogen and oxygen atoms in total. The summed E-state index contributed by atoms with van der Waals surface area (Å²) in [6, 6.07) is 0. The highest BCUT2D eigenvalue weighted by molar-refractivity contribution is 5.68. The van der Waals surface area contributed by atoms with Crippen molar-refractivity contribution in [3.8, 4) is 0 Å². The Hall–Kier alpha value is -2.12. The Bertz CT molecular complexity index is 536. The van der Waals surface area contributed by atoms with Gasteiger partial charge in [-0.3, -0.25) is 0 Å². The van der Waals surface area contributed by atoms with Gasteiger partial charge in [0.2, 0.25) is 5.95 Å². The predicted molar refractivity (Wildman–Crippen MR) is 94.8 cm³/mol. The normalized spacial score (nSPS) is 16.7. The third-order valence-electron chi connectivity index (χ3n) is 3.52. The van der Waals surface area contributed by atoms with E-state index in [1.54, 1.807) is 0 Å². The number of hydrogen-bond acceptors (Lipinski definition) is 7. The van der Waals surface area contributed by atoms with Crippen molar-refractivity contribution in [1.82, 2.24) is 20.5 Å². The molecule has 0 atom stereocenters. The molecule has 2 rings (SSSR count). The SMILES string of the molecule is CC.CC1(NC(=O)OC(C)(C)C)CCN(c2nncc(N)n2)CC1. The Morgan fingerprint density at radius 1 is 1.33 bits per heavy atom. The van der Waals surface area contributed by atoms with Crippen molar-refractivity contribution in [2.24, 2.45) is 0 Å². The number of aromatic nitrogens is 3. The topological polar surface area (TPSA) is 106 Å². The minimum absolute atomic E-state index is 0.299. The van der Waals surface area contributed by atoms with Crippen LogP contribution in [0.5, 0.6) is 0 Å². The summed E-state index contributed by atoms with van der Waals surface area (Å²) in [7, 11) is 0. The summed E-state index contributed by atoms with van der Waals surface area (Å²) < 4.78 is 5.32. The molecule has 136 valence electrons. The van der Waals surface area contributed by atoms with E-state index < -0.39 is 5.60 Å². The van der Waals surface area contributed by atoms with Crippen molar-refractivity contribution in [2.45, 2.75) is 65.5 Å². The molecule has 0 spiro atoms. The number of carbonyl (C=O) groups is 1. The lowest BCUT2D eigenvalue weighted by molar-refractivity contribution is 0.0448. The Balaban J connectivity index is 0.00000139. The molecule has 1 aliphatic rings. The third kappa shape index (κ3) is 6.17. The molecule has 2 heterocycles. The van der Waals surface area contributed by atoms with Crippen molar-refractivity contribution in [1.29, 1.82) is 0 Å². The van der Waals surface area contributed by atoms with Crippen LogP contribution in [-0.2, 0) is 4.74 Å². The molecule has 1 aliphatic heterocycles. The van der Waals surface area contributed by atoms with Gasteiger partial charge in [0.05, 0.1) is 6.20 Å². The van der Waals surface area contributed by atoms with Crippen LogP contribution in [0.3, 0.4) is 0 Å². The maximum atomic E-state index is 11.9. The van der Waals surface area contributed by atoms with Crippen molar-refractivity contribution in [2.75, 3.05) is 23.7 Å². The van der Waals surface area contributed by atoms with Crippen molar-refractivity contribution in [3.63, 3.8) is 0 Å². The molecular formula is C16H30N6O2. The highest BCUT2D eigenvalue weighted by Crippen LogP contribution is 2.24. The van der Waals surface area contributed by atoms with Gasteiger partial charge in [0, 0.05) is 18.6 Å². The second-order valence-corrected chi connectivity index (χ2v) is 6.86. The summed E-state index contributed by atoms with van der Waals surface area (Å²) in [6.07, 6.45) is 2.57. The molecule has 1 aromatic heterocycles. The zero-order chi connectivity index (χ0) is 18.4. The monoisotopic (exact) mass is 338 g/mol. The van der Waals surface area contributed by atoms with Crippen molar-refractivity contribution < 1.29 is 9.53 Å². The molecule has 24 heavy (non-hydrogen) atoms. The Morgan fingerprint density at radius 2 is 1.92 bits per heavy atom. The standard InChI is InChI=1S/C14H24N6O2.C2H6/c1-13(2,3)22-12(21)18-14(4)5-7-20(8-6-14)11-17-10(15)9-16-19-11;1-2/h9H,5-8H2,1-4H3,(H,18,21)(H2,15,17,19);1-2H3. The van der Waals surface area contributed by atoms with Gasteiger partial charge in [-0.2, -0.15) is 10.1 Å². The van der Waals surface area contributed by atoms with Crippen LogP contribution in [0.2, 0.25) is 0 Å². The minimum atomic E-state index is -0.498. The van der Waals surface area contributed by atoms with Crippen LogP contribution in [0.15, 0.2) is 6.20 Å². The van der Waals surface area contributed by atoms with E-state index in [0.29, 0.717) is 11.8 Å². The van der Waals surface area contributed by atoms with Gasteiger partial charge in [-0.15, -0.1) is 5.10 Å². The number of ether oxygens (including phenoxy) is 1. The van der Waals surface area contributed by atoms with Crippen LogP contribution in [0.4, 0.5) is 16.6 Å². The fourth-order valence-corrected chi connectivity index (χ4v) is 2.32. The van der Waals surface area contributed by atoms with Crippen LogP contribution in [0.25, 0.3) is 0 Å². The lowest BCUT2D eigenvalue weighted by Crippen LogP contribution is -2.54. The largest absolute Gasteiger partial charge is 0.444 e. The molecule has 0 bridgehead atoms. The molecule has 3 N–H and O–H groups in total. The fourth-order valence-electron chi connectivity index (χ4n) is 2.32. The smallest absolute Gasteiger partial charge is 0.408 e. The summed E-state index contributed by atoms with van der Waals surface area (Å²) in [5.74, 6) is 0.879. The summed E-state index contributed by atoms with van der Waals surface area (Å²) in [5.41, 5.74) is 4.83. The Morgan fingerprint density at radius 3 is 2.42 bits per heavy atom. The molecule has 0 radical (unpaired) electrons. The number of nitrogen functional groups attached to an aromatic ring is 1. The molecule has 1 amide bonds. The summed E-state index contributed by atoms with van der Waals surface area (Å²) in [5, 5.41) is 10.8. The van der Waals surface area contributed by atoms with Gasteiger partial charge in [-0.25, -0.2) is 4.79 Å². The summed E-state index contributed by atoms with van der Waals surface area (Å²) >= 11 is 0. The molecule has 0 saturated carbocycles. The second kappa shape index (κ2) is 8.12. The predicted octanol–water partition coefficient (Wildman–Crippen LogP) is 2.36. The lowest BCUT2D eigenvalue weighted by Gasteiger charge is -2.39. The maximum Gasteiger partial charge on any atom is 0.408 e. The Labute approximate surface area is 144 Å². The Kier molecular flexibility index (Phi) is 6.74. The highest BCUT2D eigenvalue weighted by atomic mass is 16.6. The van der Waals surface area contributed by atoms with Gasteiger partial charge in [-0.05, 0) is 40.5 Å². The van der Waals surface area contributed by atoms with Gasteiger partial charge in [0.25, 0.3) is 0 Å². The lowest BCUT2D eigenvalue weighted by atomic mass is 9.90. The number of carbonyl (C=O) groups excluding carboxylic acids is 1. The van der Waals surface area contributed by atoms with Crippen molar-refractivity contribution >= 4 is 17.9 Å². The number of hydrogen-bond donors (Lipinski definition) is 2. The average molecular weight is 338 g/mol. The van der Waals surface area contributed by atoms with Gasteiger partial charge in [0.15, 0.2) is 0 Å². The number of anilines is 2. The first-order chi connectivity index (χ1) is 11.2. The molecule has 1 fully saturated rings. The second-order valence-electron chi connectivity index (χ2n) is 6.86. The number of amides is 1. The number of rotatable bonds is 2. The maximum absolute atomic E-state index is 11.9. The quantitative estimate of drug-likeness (QED) is 0.852. The van der Waals surface area contributed by atoms with Crippen LogP contribution in [0, 0.1) is 0 Å². The summed E-state index contributed by atoms with van der Waals surface area (Å²) in [4.78, 5) is 18.1. The van der Waals surface area contributed by atoms with Gasteiger partial charge >= 0.3 is 6.09 Å². The molecular weight excluding hydrogens is 308 g/mol. The number of nitrogens with zero attached hydrogens (tertiary/aromatic N) is 4. The van der Waals surface area contributed by atoms with E-state index in [4.69, 9.17) is 10.5 Å². The van der Waals surface area contributed by atoms with E-state index >= 15 is 0 Å². The number of piperidine rings is 1. The number of nitrogens with two attached hydrogens (primary N) is 1. The molecule has 0 unspecified atom stereocenters. The third-order valence-corrected chi connectivity index (χ3v) is 3.52. The van der Waals surface area contributed by atoms with Crippen molar-refractivity contribution in [3.05, 3.63) is 6.20 Å². The number of alkyl carbamates (subject to hydrolysis) is 1. The fraction of sp³-hybridized carbons (Fsp3) is 0.750. The van der Waals surface area contributed by atoms with E-state index in [1.807, 2.05) is 46.4 Å². The zero-order valence-electron chi connectivity index (χ0n) is 15.6. The van der Waals surface area contributed by atoms with Crippen LogP contribution in [0.1, 0.15) is 54.4 Å². The molecule has 8 heteroatoms. The first-order valence-electron chi connectivity index (χ1n) is 8.38. The van der Waals surface area contributed by atoms with Crippen LogP contribution in [-0.4, -0.2) is 45.5 Å². The first kappa shape index (κ1) is 19.9. The summed E-state index contributed by atoms with van der Waals surface area (Å²) in [6.45, 7) is 13.0. The van der Waals surface area contributed by atoms with Crippen LogP contribution >= 0.6 is 0 Å². The van der Waals surface area contributed by atoms with E-state index in [1.165, 1.54) is 6.20 Å². The zero-order valence-corrected chi connectivity index (χ0v) is 15.6. The number of nitrogens with one attached hydrogen (secondary N) is 1. The highest BCUT2D eigenvalue weighted by Gasteiger charge is 2.33. The molecule has 0 aromatic carbocycles. The minimum Gasteiger partial charge on any atom is -0.444 e. The molecule has 1 aromatic rings. The molecule has 1 saturated heterocycles. The van der Waals surface area contributed by atoms with Gasteiger partial charge < -0.3 is 20.7 Å². The van der Waals surface area contributed by atoms with E-state index in [2.05, 4.69) is 20.5 Å². The van der Waals surface area contributed by atoms with Gasteiger partial charge in [-0.1, -0.05) is 13.8 Å². The van der Waals surface area contributed by atoms with E-state index in [-0.39, 0.29) is 11.6 Å². The van der Waals surface area contributed by atoms with E-state index in [9.17, 15) is 4.79 Å². The first-order valence-corrected chi connectivity index (χ1v) is 8.38. The van der Waals surface area contributed by atoms with E-state index in [0.717, 1.165) is 25.9 Å². The average Bonchev–Trinajstić information content (AvgIpc) is 2.47. The van der Waals surface area contributed by atoms with Crippen LogP contribution < -0.4 is 16.0 Å². The van der Waals surface area contributed by atoms with Gasteiger partial charge in [0.1, 0.15) is 11.4 Å².